The van der Waals surface area contributed by atoms with Crippen LogP contribution in [0.15, 0.2) is 12.1 Å². The second-order valence-electron chi connectivity index (χ2n) is 9.63. The quantitative estimate of drug-likeness (QED) is 0.712. The summed E-state index contributed by atoms with van der Waals surface area (Å²) in [6, 6.07) is 3.19. The van der Waals surface area contributed by atoms with E-state index in [1.54, 1.807) is 6.07 Å². The van der Waals surface area contributed by atoms with E-state index in [9.17, 15) is 9.90 Å². The van der Waals surface area contributed by atoms with Crippen LogP contribution in [-0.2, 0) is 12.8 Å². The van der Waals surface area contributed by atoms with Gasteiger partial charge in [-0.25, -0.2) is 9.07 Å². The number of anilines is 1. The van der Waals surface area contributed by atoms with Gasteiger partial charge in [0.15, 0.2) is 0 Å². The van der Waals surface area contributed by atoms with Crippen molar-refractivity contribution in [2.24, 2.45) is 11.1 Å². The minimum atomic E-state index is -0.794. The van der Waals surface area contributed by atoms with Crippen molar-refractivity contribution < 1.29 is 14.3 Å². The largest absolute Gasteiger partial charge is 0.393 e. The number of amides is 1. The van der Waals surface area contributed by atoms with Crippen LogP contribution in [0.4, 0.5) is 10.1 Å². The Labute approximate surface area is 176 Å². The van der Waals surface area contributed by atoms with Gasteiger partial charge in [-0.1, -0.05) is 13.8 Å². The molecule has 30 heavy (non-hydrogen) atoms. The molecule has 4 rings (SSSR count). The van der Waals surface area contributed by atoms with E-state index in [-0.39, 0.29) is 23.1 Å². The fraction of sp³-hybridized carbons (Fsp3) is 0.565. The van der Waals surface area contributed by atoms with Gasteiger partial charge < -0.3 is 16.2 Å². The van der Waals surface area contributed by atoms with Crippen molar-refractivity contribution in [3.8, 4) is 5.69 Å². The number of aryl methyl sites for hydroxylation is 1. The third-order valence-electron chi connectivity index (χ3n) is 6.61. The zero-order valence-corrected chi connectivity index (χ0v) is 18.0. The Morgan fingerprint density at radius 2 is 2.00 bits per heavy atom. The molecular weight excluding hydrogens is 383 g/mol. The number of aliphatic hydroxyl groups is 1. The predicted molar refractivity (Wildman–Crippen MR) is 114 cm³/mol. The average molecular weight is 415 g/mol. The average Bonchev–Trinajstić information content (AvgIpc) is 2.97. The van der Waals surface area contributed by atoms with E-state index in [0.717, 1.165) is 43.5 Å². The van der Waals surface area contributed by atoms with Crippen LogP contribution in [0.3, 0.4) is 0 Å². The normalized spacial score (nSPS) is 23.1. The Morgan fingerprint density at radius 3 is 2.67 bits per heavy atom. The number of nitrogens with two attached hydrogens (primary N) is 1. The first-order valence-electron chi connectivity index (χ1n) is 10.8. The molecule has 2 aliphatic carbocycles. The molecule has 2 aromatic rings. The van der Waals surface area contributed by atoms with Crippen molar-refractivity contribution >= 4 is 11.6 Å². The van der Waals surface area contributed by atoms with E-state index in [4.69, 9.17) is 10.8 Å². The summed E-state index contributed by atoms with van der Waals surface area (Å²) in [6.45, 7) is 6.47. The lowest BCUT2D eigenvalue weighted by Crippen LogP contribution is -2.30. The van der Waals surface area contributed by atoms with Gasteiger partial charge >= 0.3 is 0 Å². The Bertz CT molecular complexity index is 974. The summed E-state index contributed by atoms with van der Waals surface area (Å²) in [4.78, 5) is 12.0. The van der Waals surface area contributed by atoms with Crippen LogP contribution in [0.5, 0.6) is 0 Å². The first-order valence-corrected chi connectivity index (χ1v) is 10.8. The van der Waals surface area contributed by atoms with Crippen LogP contribution in [-0.4, -0.2) is 32.9 Å². The smallest absolute Gasteiger partial charge is 0.253 e. The summed E-state index contributed by atoms with van der Waals surface area (Å²) in [5, 5.41) is 17.8. The summed E-state index contributed by atoms with van der Waals surface area (Å²) >= 11 is 0. The molecular formula is C23H31FN4O2. The molecule has 2 aliphatic rings. The number of halogens is 1. The second kappa shape index (κ2) is 7.69. The Hall–Kier alpha value is -2.41. The molecule has 1 fully saturated rings. The fourth-order valence-corrected chi connectivity index (χ4v) is 4.85. The SMILES string of the molecule is Cc1nn(-c2cc(F)c(C(N)=O)c(NC3CCC(O)CC3)c2)c2c1CCC(C)(C)C2. The number of fused-ring (bicyclic) bond motifs is 1. The molecule has 0 bridgehead atoms. The Balaban J connectivity index is 1.75. The zero-order chi connectivity index (χ0) is 21.6. The number of benzene rings is 1. The molecule has 7 heteroatoms. The zero-order valence-electron chi connectivity index (χ0n) is 18.0. The first-order chi connectivity index (χ1) is 14.1. The predicted octanol–water partition coefficient (Wildman–Crippen LogP) is 3.65. The molecule has 0 aliphatic heterocycles. The van der Waals surface area contributed by atoms with Crippen molar-refractivity contribution in [3.63, 3.8) is 0 Å². The topological polar surface area (TPSA) is 93.2 Å². The second-order valence-corrected chi connectivity index (χ2v) is 9.63. The highest BCUT2D eigenvalue weighted by atomic mass is 19.1. The molecule has 0 radical (unpaired) electrons. The third kappa shape index (κ3) is 3.95. The molecule has 162 valence electrons. The van der Waals surface area contributed by atoms with Gasteiger partial charge in [-0.3, -0.25) is 4.79 Å². The van der Waals surface area contributed by atoms with Gasteiger partial charge in [0.25, 0.3) is 5.91 Å². The molecule has 1 aromatic heterocycles. The van der Waals surface area contributed by atoms with Crippen LogP contribution in [0, 0.1) is 18.2 Å². The highest BCUT2D eigenvalue weighted by Crippen LogP contribution is 2.37. The molecule has 6 nitrogen and oxygen atoms in total. The summed E-state index contributed by atoms with van der Waals surface area (Å²) < 4.78 is 16.9. The summed E-state index contributed by atoms with van der Waals surface area (Å²) in [7, 11) is 0. The lowest BCUT2D eigenvalue weighted by Gasteiger charge is -2.30. The molecule has 0 saturated heterocycles. The van der Waals surface area contributed by atoms with Crippen LogP contribution in [0.1, 0.15) is 73.3 Å². The van der Waals surface area contributed by atoms with Gasteiger partial charge in [-0.15, -0.1) is 0 Å². The lowest BCUT2D eigenvalue weighted by atomic mass is 9.76. The Morgan fingerprint density at radius 1 is 1.30 bits per heavy atom. The minimum Gasteiger partial charge on any atom is -0.393 e. The van der Waals surface area contributed by atoms with Crippen molar-refractivity contribution in [3.05, 3.63) is 40.5 Å². The lowest BCUT2D eigenvalue weighted by molar-refractivity contribution is 0.0996. The third-order valence-corrected chi connectivity index (χ3v) is 6.61. The molecule has 0 spiro atoms. The standard InChI is InChI=1S/C23H31FN4O2/c1-13-17-8-9-23(2,3)12-20(17)28(27-13)15-10-18(24)21(22(25)30)19(11-15)26-14-4-6-16(29)7-5-14/h10-11,14,16,26,29H,4-9,12H2,1-3H3,(H2,25,30). The maximum absolute atomic E-state index is 15.0. The summed E-state index contributed by atoms with van der Waals surface area (Å²) in [5.74, 6) is -1.44. The highest BCUT2D eigenvalue weighted by Gasteiger charge is 2.31. The number of nitrogens with zero attached hydrogens (tertiary/aromatic N) is 2. The van der Waals surface area contributed by atoms with Crippen LogP contribution in [0.25, 0.3) is 5.69 Å². The maximum atomic E-state index is 15.0. The maximum Gasteiger partial charge on any atom is 0.253 e. The Kier molecular flexibility index (Phi) is 5.34. The van der Waals surface area contributed by atoms with Gasteiger partial charge in [-0.2, -0.15) is 5.10 Å². The molecule has 1 saturated carbocycles. The molecule has 4 N–H and O–H groups in total. The fourth-order valence-electron chi connectivity index (χ4n) is 4.85. The number of carbonyl (C=O) groups is 1. The van der Waals surface area contributed by atoms with Gasteiger partial charge in [0, 0.05) is 17.8 Å². The van der Waals surface area contributed by atoms with Crippen molar-refractivity contribution in [2.75, 3.05) is 5.32 Å². The number of hydrogen-bond donors (Lipinski definition) is 3. The summed E-state index contributed by atoms with van der Waals surface area (Å²) in [5.41, 5.74) is 9.85. The number of carbonyl (C=O) groups excluding carboxylic acids is 1. The number of aliphatic hydroxyl groups excluding tert-OH is 1. The molecule has 1 heterocycles. The van der Waals surface area contributed by atoms with Crippen LogP contribution >= 0.6 is 0 Å². The highest BCUT2D eigenvalue weighted by molar-refractivity contribution is 5.99. The van der Waals surface area contributed by atoms with Crippen LogP contribution < -0.4 is 11.1 Å². The number of hydrogen-bond acceptors (Lipinski definition) is 4. The molecule has 1 aromatic carbocycles. The number of aromatic nitrogens is 2. The molecule has 0 unspecified atom stereocenters. The van der Waals surface area contributed by atoms with Crippen molar-refractivity contribution in [1.29, 1.82) is 0 Å². The van der Waals surface area contributed by atoms with Gasteiger partial charge in [0.1, 0.15) is 5.82 Å². The monoisotopic (exact) mass is 414 g/mol. The number of primary amides is 1. The summed E-state index contributed by atoms with van der Waals surface area (Å²) in [6.07, 6.45) is 5.53. The minimum absolute atomic E-state index is 0.0633. The van der Waals surface area contributed by atoms with Crippen molar-refractivity contribution in [1.82, 2.24) is 9.78 Å². The number of nitrogens with one attached hydrogen (secondary N) is 1. The van der Waals surface area contributed by atoms with E-state index in [0.29, 0.717) is 24.2 Å². The van der Waals surface area contributed by atoms with Gasteiger partial charge in [-0.05, 0) is 68.9 Å². The van der Waals surface area contributed by atoms with E-state index >= 15 is 4.39 Å². The van der Waals surface area contributed by atoms with Gasteiger partial charge in [0.2, 0.25) is 0 Å². The van der Waals surface area contributed by atoms with E-state index in [2.05, 4.69) is 19.2 Å². The van der Waals surface area contributed by atoms with E-state index in [1.165, 1.54) is 11.6 Å². The van der Waals surface area contributed by atoms with Crippen LogP contribution in [0.2, 0.25) is 0 Å². The van der Waals surface area contributed by atoms with E-state index < -0.39 is 11.7 Å². The van der Waals surface area contributed by atoms with Gasteiger partial charge in [0.05, 0.1) is 28.7 Å². The molecule has 1 amide bonds. The number of rotatable bonds is 4. The van der Waals surface area contributed by atoms with E-state index in [1.807, 2.05) is 11.6 Å². The van der Waals surface area contributed by atoms with Crippen molar-refractivity contribution in [2.45, 2.75) is 77.9 Å². The molecule has 0 atom stereocenters. The first kappa shape index (κ1) is 20.8.